The lowest BCUT2D eigenvalue weighted by Crippen LogP contribution is -2.18. The number of hydrogen-bond donors (Lipinski definition) is 1. The van der Waals surface area contributed by atoms with Crippen LogP contribution in [0, 0.1) is 0 Å². The summed E-state index contributed by atoms with van der Waals surface area (Å²) in [6.45, 7) is 2.90. The van der Waals surface area contributed by atoms with Gasteiger partial charge in [0.05, 0.1) is 7.11 Å². The highest BCUT2D eigenvalue weighted by Gasteiger charge is 2.07. The van der Waals surface area contributed by atoms with E-state index in [1.54, 1.807) is 7.11 Å². The maximum atomic E-state index is 6.02. The van der Waals surface area contributed by atoms with Gasteiger partial charge in [0.1, 0.15) is 5.75 Å². The zero-order valence-electron chi connectivity index (χ0n) is 11.5. The van der Waals surface area contributed by atoms with Gasteiger partial charge in [-0.15, -0.1) is 0 Å². The fourth-order valence-corrected chi connectivity index (χ4v) is 2.53. The first kappa shape index (κ1) is 15.4. The molecule has 0 bridgehead atoms. The molecule has 4 heteroatoms. The van der Waals surface area contributed by atoms with Crippen LogP contribution in [0.25, 0.3) is 0 Å². The van der Waals surface area contributed by atoms with E-state index >= 15 is 0 Å². The van der Waals surface area contributed by atoms with E-state index in [2.05, 4.69) is 40.3 Å². The smallest absolute Gasteiger partial charge is 0.118 e. The van der Waals surface area contributed by atoms with E-state index in [1.165, 1.54) is 5.56 Å². The van der Waals surface area contributed by atoms with Gasteiger partial charge in [-0.2, -0.15) is 0 Å². The van der Waals surface area contributed by atoms with E-state index in [0.29, 0.717) is 0 Å². The molecule has 0 spiro atoms. The third kappa shape index (κ3) is 3.98. The SMILES string of the molecule is COc1ccc(C(C)NCc2cc(Cl)ccc2Br)cc1. The number of ether oxygens (including phenoxy) is 1. The number of rotatable bonds is 5. The third-order valence-corrected chi connectivity index (χ3v) is 4.23. The Morgan fingerprint density at radius 3 is 2.55 bits per heavy atom. The molecule has 1 atom stereocenters. The molecule has 0 fully saturated rings. The quantitative estimate of drug-likeness (QED) is 0.819. The molecule has 2 rings (SSSR count). The van der Waals surface area contributed by atoms with Gasteiger partial charge in [-0.3, -0.25) is 0 Å². The lowest BCUT2D eigenvalue weighted by molar-refractivity contribution is 0.414. The second-order valence-corrected chi connectivity index (χ2v) is 5.90. The Hall–Kier alpha value is -1.03. The molecule has 0 amide bonds. The Balaban J connectivity index is 2.00. The van der Waals surface area contributed by atoms with Gasteiger partial charge >= 0.3 is 0 Å². The van der Waals surface area contributed by atoms with Crippen molar-refractivity contribution in [3.05, 3.63) is 63.1 Å². The molecule has 0 aromatic heterocycles. The van der Waals surface area contributed by atoms with Crippen LogP contribution in [-0.2, 0) is 6.54 Å². The van der Waals surface area contributed by atoms with E-state index in [9.17, 15) is 0 Å². The molecule has 0 saturated heterocycles. The van der Waals surface area contributed by atoms with Crippen LogP contribution in [0.3, 0.4) is 0 Å². The molecule has 1 N–H and O–H groups in total. The Morgan fingerprint density at radius 1 is 1.20 bits per heavy atom. The summed E-state index contributed by atoms with van der Waals surface area (Å²) in [6.07, 6.45) is 0. The van der Waals surface area contributed by atoms with Gasteiger partial charge in [0.25, 0.3) is 0 Å². The molecule has 0 saturated carbocycles. The van der Waals surface area contributed by atoms with E-state index in [0.717, 1.165) is 27.4 Å². The van der Waals surface area contributed by atoms with Crippen molar-refractivity contribution in [3.63, 3.8) is 0 Å². The molecule has 0 aliphatic carbocycles. The summed E-state index contributed by atoms with van der Waals surface area (Å²) in [5.41, 5.74) is 2.38. The highest BCUT2D eigenvalue weighted by atomic mass is 79.9. The number of methoxy groups -OCH3 is 1. The van der Waals surface area contributed by atoms with Crippen LogP contribution in [0.4, 0.5) is 0 Å². The van der Waals surface area contributed by atoms with Gasteiger partial charge in [0.15, 0.2) is 0 Å². The normalized spacial score (nSPS) is 12.2. The van der Waals surface area contributed by atoms with Gasteiger partial charge < -0.3 is 10.1 Å². The second kappa shape index (κ2) is 7.11. The van der Waals surface area contributed by atoms with Gasteiger partial charge in [0, 0.05) is 22.1 Å². The van der Waals surface area contributed by atoms with Crippen molar-refractivity contribution >= 4 is 27.5 Å². The molecule has 0 radical (unpaired) electrons. The molecular formula is C16H17BrClNO. The summed E-state index contributed by atoms with van der Waals surface area (Å²) in [6, 6.07) is 14.2. The minimum atomic E-state index is 0.256. The molecule has 2 aromatic carbocycles. The summed E-state index contributed by atoms with van der Waals surface area (Å²) in [5, 5.41) is 4.24. The average Bonchev–Trinajstić information content (AvgIpc) is 2.48. The second-order valence-electron chi connectivity index (χ2n) is 4.61. The lowest BCUT2D eigenvalue weighted by atomic mass is 10.1. The number of hydrogen-bond acceptors (Lipinski definition) is 2. The van der Waals surface area contributed by atoms with Crippen molar-refractivity contribution in [1.82, 2.24) is 5.32 Å². The summed E-state index contributed by atoms with van der Waals surface area (Å²) >= 11 is 9.56. The van der Waals surface area contributed by atoms with Crippen LogP contribution in [0.1, 0.15) is 24.1 Å². The summed E-state index contributed by atoms with van der Waals surface area (Å²) in [5.74, 6) is 0.874. The monoisotopic (exact) mass is 353 g/mol. The van der Waals surface area contributed by atoms with Crippen molar-refractivity contribution in [2.24, 2.45) is 0 Å². The number of nitrogens with one attached hydrogen (secondary N) is 1. The fraction of sp³-hybridized carbons (Fsp3) is 0.250. The first-order valence-corrected chi connectivity index (χ1v) is 7.58. The molecule has 0 heterocycles. The largest absolute Gasteiger partial charge is 0.497 e. The Kier molecular flexibility index (Phi) is 5.46. The van der Waals surface area contributed by atoms with E-state index in [4.69, 9.17) is 16.3 Å². The highest BCUT2D eigenvalue weighted by molar-refractivity contribution is 9.10. The Labute approximate surface area is 133 Å². The van der Waals surface area contributed by atoms with E-state index in [-0.39, 0.29) is 6.04 Å². The minimum absolute atomic E-state index is 0.256. The predicted octanol–water partition coefficient (Wildman–Crippen LogP) is 4.96. The van der Waals surface area contributed by atoms with Crippen molar-refractivity contribution in [2.45, 2.75) is 19.5 Å². The van der Waals surface area contributed by atoms with Gasteiger partial charge in [-0.05, 0) is 48.4 Å². The van der Waals surface area contributed by atoms with Crippen LogP contribution in [-0.4, -0.2) is 7.11 Å². The van der Waals surface area contributed by atoms with E-state index < -0.39 is 0 Å². The maximum Gasteiger partial charge on any atom is 0.118 e. The fourth-order valence-electron chi connectivity index (χ4n) is 1.95. The molecule has 106 valence electrons. The van der Waals surface area contributed by atoms with Crippen molar-refractivity contribution in [2.75, 3.05) is 7.11 Å². The predicted molar refractivity (Wildman–Crippen MR) is 87.4 cm³/mol. The molecule has 20 heavy (non-hydrogen) atoms. The maximum absolute atomic E-state index is 6.02. The van der Waals surface area contributed by atoms with Crippen LogP contribution in [0.5, 0.6) is 5.75 Å². The number of halogens is 2. The first-order chi connectivity index (χ1) is 9.60. The Bertz CT molecular complexity index is 571. The van der Waals surface area contributed by atoms with Crippen LogP contribution in [0.15, 0.2) is 46.9 Å². The average molecular weight is 355 g/mol. The van der Waals surface area contributed by atoms with Crippen LogP contribution < -0.4 is 10.1 Å². The Morgan fingerprint density at radius 2 is 1.90 bits per heavy atom. The van der Waals surface area contributed by atoms with Gasteiger partial charge in [-0.1, -0.05) is 39.7 Å². The number of benzene rings is 2. The van der Waals surface area contributed by atoms with E-state index in [1.807, 2.05) is 30.3 Å². The summed E-state index contributed by atoms with van der Waals surface area (Å²) in [7, 11) is 1.67. The molecule has 0 aliphatic heterocycles. The van der Waals surface area contributed by atoms with Crippen LogP contribution >= 0.6 is 27.5 Å². The summed E-state index contributed by atoms with van der Waals surface area (Å²) < 4.78 is 6.23. The molecule has 1 unspecified atom stereocenters. The van der Waals surface area contributed by atoms with Gasteiger partial charge in [-0.25, -0.2) is 0 Å². The molecule has 2 nitrogen and oxygen atoms in total. The zero-order chi connectivity index (χ0) is 14.5. The zero-order valence-corrected chi connectivity index (χ0v) is 13.8. The standard InChI is InChI=1S/C16H17BrClNO/c1-11(12-3-6-15(20-2)7-4-12)19-10-13-9-14(18)5-8-16(13)17/h3-9,11,19H,10H2,1-2H3. The lowest BCUT2D eigenvalue weighted by Gasteiger charge is -2.15. The minimum Gasteiger partial charge on any atom is -0.497 e. The topological polar surface area (TPSA) is 21.3 Å². The van der Waals surface area contributed by atoms with Gasteiger partial charge in [0.2, 0.25) is 0 Å². The molecular weight excluding hydrogens is 338 g/mol. The van der Waals surface area contributed by atoms with Crippen LogP contribution in [0.2, 0.25) is 5.02 Å². The highest BCUT2D eigenvalue weighted by Crippen LogP contribution is 2.22. The molecule has 0 aliphatic rings. The third-order valence-electron chi connectivity index (χ3n) is 3.22. The van der Waals surface area contributed by atoms with Crippen molar-refractivity contribution in [3.8, 4) is 5.75 Å². The van der Waals surface area contributed by atoms with Crippen molar-refractivity contribution < 1.29 is 4.74 Å². The molecule has 2 aromatic rings. The summed E-state index contributed by atoms with van der Waals surface area (Å²) in [4.78, 5) is 0. The van der Waals surface area contributed by atoms with Crippen molar-refractivity contribution in [1.29, 1.82) is 0 Å². The first-order valence-electron chi connectivity index (χ1n) is 6.41.